The number of nitrogens with zero attached hydrogens (tertiary/aromatic N) is 4. The first-order chi connectivity index (χ1) is 7.18. The lowest BCUT2D eigenvalue weighted by Crippen LogP contribution is -2.24. The first kappa shape index (κ1) is 10.3. The van der Waals surface area contributed by atoms with Gasteiger partial charge in [-0.25, -0.2) is 9.97 Å². The Morgan fingerprint density at radius 2 is 2.33 bits per heavy atom. The first-order valence-corrected chi connectivity index (χ1v) is 5.42. The molecular weight excluding hydrogens is 307 g/mol. The average molecular weight is 316 g/mol. The van der Waals surface area contributed by atoms with Crippen molar-refractivity contribution in [2.45, 2.75) is 6.54 Å². The van der Waals surface area contributed by atoms with Gasteiger partial charge in [0.1, 0.15) is 5.82 Å². The number of aryl methyl sites for hydroxylation is 1. The van der Waals surface area contributed by atoms with Crippen LogP contribution in [0.2, 0.25) is 0 Å². The quantitative estimate of drug-likeness (QED) is 0.764. The Balaban J connectivity index is 2.37. The molecule has 0 radical (unpaired) electrons. The minimum Gasteiger partial charge on any atom is -0.337 e. The summed E-state index contributed by atoms with van der Waals surface area (Å²) < 4.78 is 4.04. The molecule has 0 spiro atoms. The van der Waals surface area contributed by atoms with Gasteiger partial charge in [0.2, 0.25) is 0 Å². The van der Waals surface area contributed by atoms with Gasteiger partial charge in [0, 0.05) is 25.6 Å². The molecule has 2 rings (SSSR count). The van der Waals surface area contributed by atoms with Crippen molar-refractivity contribution in [1.82, 2.24) is 19.1 Å². The van der Waals surface area contributed by atoms with Crippen LogP contribution < -0.4 is 5.56 Å². The number of rotatable bonds is 2. The predicted molar refractivity (Wildman–Crippen MR) is 63.5 cm³/mol. The molecule has 0 bridgehead atoms. The Hall–Kier alpha value is -1.18. The maximum Gasteiger partial charge on any atom is 0.267 e. The van der Waals surface area contributed by atoms with Crippen molar-refractivity contribution in [3.63, 3.8) is 0 Å². The van der Waals surface area contributed by atoms with Gasteiger partial charge >= 0.3 is 0 Å². The Kier molecular flexibility index (Phi) is 2.85. The van der Waals surface area contributed by atoms with E-state index in [0.29, 0.717) is 10.1 Å². The van der Waals surface area contributed by atoms with Crippen LogP contribution in [0.5, 0.6) is 0 Å². The lowest BCUT2D eigenvalue weighted by atomic mass is 10.5. The maximum atomic E-state index is 11.7. The van der Waals surface area contributed by atoms with E-state index in [9.17, 15) is 4.79 Å². The van der Waals surface area contributed by atoms with E-state index in [1.165, 1.54) is 6.33 Å². The molecule has 5 nitrogen and oxygen atoms in total. The number of hydrogen-bond donors (Lipinski definition) is 0. The van der Waals surface area contributed by atoms with E-state index >= 15 is 0 Å². The third kappa shape index (κ3) is 2.09. The summed E-state index contributed by atoms with van der Waals surface area (Å²) in [6.45, 7) is 0.451. The largest absolute Gasteiger partial charge is 0.337 e. The molecule has 0 atom stereocenters. The molecule has 0 aliphatic heterocycles. The molecular formula is C9H9IN4O. The SMILES string of the molecule is Cn1ccnc1Cn1cncc(I)c1=O. The minimum atomic E-state index is -0.0337. The molecule has 2 aromatic rings. The molecule has 0 saturated carbocycles. The second kappa shape index (κ2) is 4.13. The molecule has 0 amide bonds. The number of halogens is 1. The molecule has 2 heterocycles. The molecule has 0 N–H and O–H groups in total. The number of imidazole rings is 1. The normalized spacial score (nSPS) is 10.5. The summed E-state index contributed by atoms with van der Waals surface area (Å²) in [5, 5.41) is 0. The maximum absolute atomic E-state index is 11.7. The van der Waals surface area contributed by atoms with Crippen molar-refractivity contribution in [3.05, 3.63) is 44.7 Å². The van der Waals surface area contributed by atoms with Gasteiger partial charge in [-0.1, -0.05) is 0 Å². The van der Waals surface area contributed by atoms with E-state index in [1.54, 1.807) is 17.0 Å². The van der Waals surface area contributed by atoms with Crippen LogP contribution in [0.4, 0.5) is 0 Å². The van der Waals surface area contributed by atoms with Crippen LogP contribution in [0.15, 0.2) is 29.7 Å². The molecule has 0 unspecified atom stereocenters. The van der Waals surface area contributed by atoms with E-state index in [4.69, 9.17) is 0 Å². The monoisotopic (exact) mass is 316 g/mol. The Labute approximate surface area is 99.9 Å². The van der Waals surface area contributed by atoms with E-state index in [-0.39, 0.29) is 5.56 Å². The van der Waals surface area contributed by atoms with Crippen LogP contribution in [-0.4, -0.2) is 19.1 Å². The molecule has 6 heteroatoms. The zero-order valence-electron chi connectivity index (χ0n) is 8.09. The summed E-state index contributed by atoms with van der Waals surface area (Å²) in [6, 6.07) is 0. The van der Waals surface area contributed by atoms with Gasteiger partial charge in [0.25, 0.3) is 5.56 Å². The van der Waals surface area contributed by atoms with Gasteiger partial charge in [-0.2, -0.15) is 0 Å². The first-order valence-electron chi connectivity index (χ1n) is 4.34. The van der Waals surface area contributed by atoms with E-state index < -0.39 is 0 Å². The third-order valence-corrected chi connectivity index (χ3v) is 2.83. The fourth-order valence-electron chi connectivity index (χ4n) is 1.24. The van der Waals surface area contributed by atoms with Crippen molar-refractivity contribution >= 4 is 22.6 Å². The Morgan fingerprint density at radius 3 is 3.00 bits per heavy atom. The summed E-state index contributed by atoms with van der Waals surface area (Å²) in [5.74, 6) is 0.834. The molecule has 0 aromatic carbocycles. The van der Waals surface area contributed by atoms with Crippen LogP contribution in [0.3, 0.4) is 0 Å². The topological polar surface area (TPSA) is 52.7 Å². The summed E-state index contributed by atoms with van der Waals surface area (Å²) in [6.07, 6.45) is 6.64. The zero-order chi connectivity index (χ0) is 10.8. The van der Waals surface area contributed by atoms with E-state index in [2.05, 4.69) is 9.97 Å². The molecule has 0 saturated heterocycles. The van der Waals surface area contributed by atoms with Gasteiger partial charge in [0.15, 0.2) is 0 Å². The second-order valence-electron chi connectivity index (χ2n) is 3.13. The van der Waals surface area contributed by atoms with E-state index in [1.807, 2.05) is 40.4 Å². The molecule has 78 valence electrons. The van der Waals surface area contributed by atoms with Gasteiger partial charge in [0.05, 0.1) is 16.4 Å². The second-order valence-corrected chi connectivity index (χ2v) is 4.29. The summed E-state index contributed by atoms with van der Waals surface area (Å²) >= 11 is 1.98. The highest BCUT2D eigenvalue weighted by Gasteiger charge is 2.04. The summed E-state index contributed by atoms with van der Waals surface area (Å²) in [4.78, 5) is 19.8. The van der Waals surface area contributed by atoms with Crippen molar-refractivity contribution in [1.29, 1.82) is 0 Å². The summed E-state index contributed by atoms with van der Waals surface area (Å²) in [7, 11) is 1.90. The van der Waals surface area contributed by atoms with Gasteiger partial charge < -0.3 is 4.57 Å². The molecule has 15 heavy (non-hydrogen) atoms. The number of aromatic nitrogens is 4. The third-order valence-electron chi connectivity index (χ3n) is 2.09. The Morgan fingerprint density at radius 1 is 1.53 bits per heavy atom. The molecule has 0 aliphatic carbocycles. The van der Waals surface area contributed by atoms with Crippen LogP contribution in [0.25, 0.3) is 0 Å². The lowest BCUT2D eigenvalue weighted by Gasteiger charge is -2.04. The molecule has 0 aliphatic rings. The van der Waals surface area contributed by atoms with Gasteiger partial charge in [-0.15, -0.1) is 0 Å². The highest BCUT2D eigenvalue weighted by Crippen LogP contribution is 1.98. The van der Waals surface area contributed by atoms with Crippen molar-refractivity contribution < 1.29 is 0 Å². The molecule has 0 fully saturated rings. The zero-order valence-corrected chi connectivity index (χ0v) is 10.2. The molecule has 2 aromatic heterocycles. The fourth-order valence-corrected chi connectivity index (χ4v) is 1.71. The highest BCUT2D eigenvalue weighted by molar-refractivity contribution is 14.1. The van der Waals surface area contributed by atoms with Crippen LogP contribution in [0, 0.1) is 3.57 Å². The van der Waals surface area contributed by atoms with Gasteiger partial charge in [-0.3, -0.25) is 9.36 Å². The Bertz CT molecular complexity index is 531. The van der Waals surface area contributed by atoms with Crippen molar-refractivity contribution in [3.8, 4) is 0 Å². The minimum absolute atomic E-state index is 0.0337. The van der Waals surface area contributed by atoms with Crippen molar-refractivity contribution in [2.75, 3.05) is 0 Å². The van der Waals surface area contributed by atoms with Gasteiger partial charge in [-0.05, 0) is 22.6 Å². The van der Waals surface area contributed by atoms with Crippen LogP contribution in [0.1, 0.15) is 5.82 Å². The van der Waals surface area contributed by atoms with Crippen LogP contribution in [-0.2, 0) is 13.6 Å². The fraction of sp³-hybridized carbons (Fsp3) is 0.222. The lowest BCUT2D eigenvalue weighted by molar-refractivity contribution is 0.663. The highest BCUT2D eigenvalue weighted by atomic mass is 127. The predicted octanol–water partition coefficient (Wildman–Crippen LogP) is 0.630. The smallest absolute Gasteiger partial charge is 0.267 e. The average Bonchev–Trinajstić information content (AvgIpc) is 2.60. The van der Waals surface area contributed by atoms with Crippen LogP contribution >= 0.6 is 22.6 Å². The number of hydrogen-bond acceptors (Lipinski definition) is 3. The van der Waals surface area contributed by atoms with Crippen molar-refractivity contribution in [2.24, 2.45) is 7.05 Å². The van der Waals surface area contributed by atoms with E-state index in [0.717, 1.165) is 5.82 Å². The standard InChI is InChI=1S/C9H9IN4O/c1-13-3-2-12-8(13)5-14-6-11-4-7(10)9(14)15/h2-4,6H,5H2,1H3. The summed E-state index contributed by atoms with van der Waals surface area (Å²) in [5.41, 5.74) is -0.0337.